The van der Waals surface area contributed by atoms with E-state index in [9.17, 15) is 9.18 Å². The van der Waals surface area contributed by atoms with E-state index >= 15 is 0 Å². The van der Waals surface area contributed by atoms with Crippen molar-refractivity contribution in [2.24, 2.45) is 0 Å². The number of carbonyl (C=O) groups is 1. The van der Waals surface area contributed by atoms with Crippen LogP contribution in [0, 0.1) is 5.82 Å². The average molecular weight is 354 g/mol. The van der Waals surface area contributed by atoms with Crippen molar-refractivity contribution in [1.82, 2.24) is 0 Å². The van der Waals surface area contributed by atoms with Crippen molar-refractivity contribution in [2.75, 3.05) is 20.3 Å². The Kier molecular flexibility index (Phi) is 5.37. The summed E-state index contributed by atoms with van der Waals surface area (Å²) in [5.41, 5.74) is 1.58. The van der Waals surface area contributed by atoms with Gasteiger partial charge in [-0.05, 0) is 42.0 Å². The Morgan fingerprint density at radius 2 is 2.08 bits per heavy atom. The van der Waals surface area contributed by atoms with E-state index in [1.807, 2.05) is 6.07 Å². The number of carbonyl (C=O) groups excluding carboxylic acids is 1. The summed E-state index contributed by atoms with van der Waals surface area (Å²) in [5.74, 6) is 0.864. The summed E-state index contributed by atoms with van der Waals surface area (Å²) < 4.78 is 30.0. The van der Waals surface area contributed by atoms with E-state index in [1.165, 1.54) is 18.2 Å². The van der Waals surface area contributed by atoms with Gasteiger partial charge in [0.2, 0.25) is 0 Å². The first-order chi connectivity index (χ1) is 12.6. The molecular formula is C21H19FO4. The van der Waals surface area contributed by atoms with Crippen molar-refractivity contribution in [1.29, 1.82) is 0 Å². The second-order valence-electron chi connectivity index (χ2n) is 5.75. The van der Waals surface area contributed by atoms with Crippen LogP contribution < -0.4 is 14.2 Å². The van der Waals surface area contributed by atoms with Gasteiger partial charge in [-0.25, -0.2) is 4.39 Å². The van der Waals surface area contributed by atoms with Crippen LogP contribution in [0.1, 0.15) is 22.3 Å². The molecule has 0 aromatic heterocycles. The molecule has 5 heteroatoms. The lowest BCUT2D eigenvalue weighted by molar-refractivity contribution is 0.103. The largest absolute Gasteiger partial charge is 0.493 e. The van der Waals surface area contributed by atoms with Crippen molar-refractivity contribution < 1.29 is 23.4 Å². The minimum Gasteiger partial charge on any atom is -0.493 e. The van der Waals surface area contributed by atoms with Gasteiger partial charge in [0.05, 0.1) is 19.3 Å². The van der Waals surface area contributed by atoms with Crippen LogP contribution in [0.5, 0.6) is 17.2 Å². The topological polar surface area (TPSA) is 44.8 Å². The first-order valence-electron chi connectivity index (χ1n) is 8.21. The van der Waals surface area contributed by atoms with E-state index in [4.69, 9.17) is 14.2 Å². The molecule has 0 bridgehead atoms. The third kappa shape index (κ3) is 3.77. The third-order valence-corrected chi connectivity index (χ3v) is 3.99. The summed E-state index contributed by atoms with van der Waals surface area (Å²) in [4.78, 5) is 12.8. The van der Waals surface area contributed by atoms with E-state index in [1.54, 1.807) is 31.4 Å². The predicted octanol–water partition coefficient (Wildman–Crippen LogP) is 4.45. The van der Waals surface area contributed by atoms with Gasteiger partial charge in [-0.3, -0.25) is 4.79 Å². The molecule has 0 aliphatic carbocycles. The number of hydrogen-bond donors (Lipinski definition) is 0. The molecule has 0 saturated carbocycles. The van der Waals surface area contributed by atoms with Crippen molar-refractivity contribution >= 4 is 11.9 Å². The molecule has 0 atom stereocenters. The fourth-order valence-corrected chi connectivity index (χ4v) is 2.74. The molecule has 1 aliphatic rings. The molecule has 0 radical (unpaired) electrons. The molecule has 4 nitrogen and oxygen atoms in total. The Morgan fingerprint density at radius 1 is 1.23 bits per heavy atom. The molecule has 1 heterocycles. The summed E-state index contributed by atoms with van der Waals surface area (Å²) in [6.45, 7) is 4.34. The number of ether oxygens (including phenoxy) is 3. The Labute approximate surface area is 151 Å². The van der Waals surface area contributed by atoms with Crippen LogP contribution in [0.15, 0.2) is 54.6 Å². The number of methoxy groups -OCH3 is 1. The monoisotopic (exact) mass is 354 g/mol. The maximum absolute atomic E-state index is 13.5. The van der Waals surface area contributed by atoms with Crippen LogP contribution >= 0.6 is 0 Å². The van der Waals surface area contributed by atoms with Crippen LogP contribution in [-0.2, 0) is 0 Å². The van der Waals surface area contributed by atoms with Crippen molar-refractivity contribution in [3.63, 3.8) is 0 Å². The maximum atomic E-state index is 13.5. The highest BCUT2D eigenvalue weighted by Gasteiger charge is 2.22. The molecule has 2 aromatic carbocycles. The summed E-state index contributed by atoms with van der Waals surface area (Å²) in [6.07, 6.45) is 3.85. The van der Waals surface area contributed by atoms with E-state index in [0.29, 0.717) is 42.5 Å². The Bertz CT molecular complexity index is 870. The molecule has 3 rings (SSSR count). The standard InChI is InChI=1S/C21H19FO4/c1-3-9-25-19-6-4-14(12-20(19)24-2)11-15-8-10-26-18-7-5-16(22)13-17(18)21(15)23/h3-7,11-13H,1,8-10H2,2H3/b15-11+. The van der Waals surface area contributed by atoms with Gasteiger partial charge in [-0.1, -0.05) is 18.7 Å². The maximum Gasteiger partial charge on any atom is 0.192 e. The van der Waals surface area contributed by atoms with Gasteiger partial charge >= 0.3 is 0 Å². The van der Waals surface area contributed by atoms with Gasteiger partial charge in [0.15, 0.2) is 17.3 Å². The average Bonchev–Trinajstić information content (AvgIpc) is 2.80. The number of halogens is 1. The molecule has 26 heavy (non-hydrogen) atoms. The molecule has 2 aromatic rings. The van der Waals surface area contributed by atoms with Crippen LogP contribution in [0.2, 0.25) is 0 Å². The highest BCUT2D eigenvalue weighted by atomic mass is 19.1. The highest BCUT2D eigenvalue weighted by molar-refractivity contribution is 6.13. The smallest absolute Gasteiger partial charge is 0.192 e. The summed E-state index contributed by atoms with van der Waals surface area (Å²) in [7, 11) is 1.55. The van der Waals surface area contributed by atoms with Gasteiger partial charge in [0.25, 0.3) is 0 Å². The van der Waals surface area contributed by atoms with Gasteiger partial charge in [-0.15, -0.1) is 0 Å². The number of rotatable bonds is 5. The summed E-state index contributed by atoms with van der Waals surface area (Å²) in [6, 6.07) is 9.38. The molecule has 0 N–H and O–H groups in total. The van der Waals surface area contributed by atoms with Crippen molar-refractivity contribution in [2.45, 2.75) is 6.42 Å². The SMILES string of the molecule is C=CCOc1ccc(/C=C2\CCOc3ccc(F)cc3C2=O)cc1OC. The van der Waals surface area contributed by atoms with Crippen LogP contribution in [0.25, 0.3) is 6.08 Å². The van der Waals surface area contributed by atoms with Crippen LogP contribution in [0.3, 0.4) is 0 Å². The second kappa shape index (κ2) is 7.87. The molecular weight excluding hydrogens is 335 g/mol. The minimum atomic E-state index is -0.465. The summed E-state index contributed by atoms with van der Waals surface area (Å²) >= 11 is 0. The quantitative estimate of drug-likeness (QED) is 0.588. The van der Waals surface area contributed by atoms with E-state index in [0.717, 1.165) is 5.56 Å². The van der Waals surface area contributed by atoms with Crippen molar-refractivity contribution in [3.8, 4) is 17.2 Å². The lowest BCUT2D eigenvalue weighted by atomic mass is 9.99. The molecule has 0 unspecified atom stereocenters. The fraction of sp³-hybridized carbons (Fsp3) is 0.190. The molecule has 0 fully saturated rings. The number of hydrogen-bond acceptors (Lipinski definition) is 4. The first kappa shape index (κ1) is 17.7. The zero-order valence-corrected chi connectivity index (χ0v) is 14.5. The summed E-state index contributed by atoms with van der Waals surface area (Å²) in [5, 5.41) is 0. The zero-order valence-electron chi connectivity index (χ0n) is 14.5. The normalized spacial score (nSPS) is 15.0. The van der Waals surface area contributed by atoms with E-state index < -0.39 is 5.82 Å². The number of ketones is 1. The van der Waals surface area contributed by atoms with Crippen molar-refractivity contribution in [3.05, 3.63) is 71.6 Å². The first-order valence-corrected chi connectivity index (χ1v) is 8.21. The van der Waals surface area contributed by atoms with Gasteiger partial charge in [-0.2, -0.15) is 0 Å². The minimum absolute atomic E-state index is 0.233. The Balaban J connectivity index is 1.94. The molecule has 0 saturated heterocycles. The molecule has 1 aliphatic heterocycles. The Morgan fingerprint density at radius 3 is 2.85 bits per heavy atom. The van der Waals surface area contributed by atoms with Gasteiger partial charge < -0.3 is 14.2 Å². The van der Waals surface area contributed by atoms with Crippen LogP contribution in [0.4, 0.5) is 4.39 Å². The third-order valence-electron chi connectivity index (χ3n) is 3.99. The predicted molar refractivity (Wildman–Crippen MR) is 97.5 cm³/mol. The molecule has 0 amide bonds. The number of Topliss-reactive ketones (excluding diaryl/α,β-unsaturated/α-hetero) is 1. The molecule has 134 valence electrons. The van der Waals surface area contributed by atoms with E-state index in [2.05, 4.69) is 6.58 Å². The fourth-order valence-electron chi connectivity index (χ4n) is 2.74. The molecule has 0 spiro atoms. The number of benzene rings is 2. The van der Waals surface area contributed by atoms with Gasteiger partial charge in [0, 0.05) is 12.0 Å². The zero-order chi connectivity index (χ0) is 18.5. The number of fused-ring (bicyclic) bond motifs is 1. The van der Waals surface area contributed by atoms with Crippen LogP contribution in [-0.4, -0.2) is 26.1 Å². The van der Waals surface area contributed by atoms with Gasteiger partial charge in [0.1, 0.15) is 18.2 Å². The Hall–Kier alpha value is -3.08. The van der Waals surface area contributed by atoms with E-state index in [-0.39, 0.29) is 11.3 Å². The lowest BCUT2D eigenvalue weighted by Crippen LogP contribution is -2.03. The lowest BCUT2D eigenvalue weighted by Gasteiger charge is -2.10. The highest BCUT2D eigenvalue weighted by Crippen LogP contribution is 2.31. The second-order valence-corrected chi connectivity index (χ2v) is 5.75.